The van der Waals surface area contributed by atoms with Crippen molar-refractivity contribution in [3.8, 4) is 0 Å². The van der Waals surface area contributed by atoms with Gasteiger partial charge in [-0.3, -0.25) is 4.79 Å². The Balaban J connectivity index is 1.79. The van der Waals surface area contributed by atoms with Crippen LogP contribution in [0, 0.1) is 0 Å². The summed E-state index contributed by atoms with van der Waals surface area (Å²) < 4.78 is 0. The number of amides is 1. The highest BCUT2D eigenvalue weighted by Crippen LogP contribution is 2.17. The van der Waals surface area contributed by atoms with Crippen LogP contribution in [0.3, 0.4) is 0 Å². The molecule has 1 amide bonds. The third-order valence-corrected chi connectivity index (χ3v) is 4.16. The van der Waals surface area contributed by atoms with Gasteiger partial charge in [0.25, 0.3) is 5.91 Å². The van der Waals surface area contributed by atoms with Gasteiger partial charge in [-0.2, -0.15) is 0 Å². The summed E-state index contributed by atoms with van der Waals surface area (Å²) in [4.78, 5) is 14.4. The molecular formula is C21H21NO. The van der Waals surface area contributed by atoms with Crippen LogP contribution in [0.1, 0.15) is 28.4 Å². The van der Waals surface area contributed by atoms with Crippen LogP contribution in [0.4, 0.5) is 0 Å². The van der Waals surface area contributed by atoms with E-state index < -0.39 is 0 Å². The lowest BCUT2D eigenvalue weighted by Gasteiger charge is -2.18. The van der Waals surface area contributed by atoms with Gasteiger partial charge in [0.1, 0.15) is 0 Å². The zero-order valence-corrected chi connectivity index (χ0v) is 13.6. The van der Waals surface area contributed by atoms with Crippen molar-refractivity contribution >= 4 is 16.7 Å². The van der Waals surface area contributed by atoms with Gasteiger partial charge in [0.15, 0.2) is 0 Å². The van der Waals surface area contributed by atoms with Crippen LogP contribution in [-0.4, -0.2) is 17.9 Å². The molecule has 0 heterocycles. The van der Waals surface area contributed by atoms with E-state index in [1.807, 2.05) is 37.4 Å². The van der Waals surface area contributed by atoms with Crippen molar-refractivity contribution in [3.63, 3.8) is 0 Å². The lowest BCUT2D eigenvalue weighted by Crippen LogP contribution is -2.26. The molecule has 0 fully saturated rings. The van der Waals surface area contributed by atoms with E-state index in [-0.39, 0.29) is 5.91 Å². The first-order chi connectivity index (χ1) is 11.2. The van der Waals surface area contributed by atoms with Gasteiger partial charge in [0, 0.05) is 19.2 Å². The highest BCUT2D eigenvalue weighted by atomic mass is 16.2. The number of hydrogen-bond donors (Lipinski definition) is 0. The Kier molecular flexibility index (Phi) is 4.42. The number of hydrogen-bond acceptors (Lipinski definition) is 1. The molecule has 0 saturated heterocycles. The summed E-state index contributed by atoms with van der Waals surface area (Å²) in [5.41, 5.74) is 3.09. The Morgan fingerprint density at radius 2 is 1.65 bits per heavy atom. The van der Waals surface area contributed by atoms with Crippen molar-refractivity contribution in [1.82, 2.24) is 4.90 Å². The number of aryl methyl sites for hydroxylation is 1. The van der Waals surface area contributed by atoms with Crippen LogP contribution in [0.5, 0.6) is 0 Å². The summed E-state index contributed by atoms with van der Waals surface area (Å²) in [6.45, 7) is 2.71. The van der Waals surface area contributed by atoms with Gasteiger partial charge in [-0.15, -0.1) is 0 Å². The molecule has 2 heteroatoms. The molecule has 0 bridgehead atoms. The summed E-state index contributed by atoms with van der Waals surface area (Å²) in [5, 5.41) is 2.43. The molecule has 116 valence electrons. The third-order valence-electron chi connectivity index (χ3n) is 4.16. The van der Waals surface area contributed by atoms with E-state index in [1.54, 1.807) is 4.90 Å². The Bertz CT molecular complexity index is 838. The van der Waals surface area contributed by atoms with Gasteiger partial charge in [0.2, 0.25) is 0 Å². The number of carbonyl (C=O) groups excluding carboxylic acids is 1. The fourth-order valence-electron chi connectivity index (χ4n) is 2.83. The minimum Gasteiger partial charge on any atom is -0.337 e. The van der Waals surface area contributed by atoms with E-state index in [1.165, 1.54) is 16.3 Å². The summed E-state index contributed by atoms with van der Waals surface area (Å²) in [6.07, 6.45) is 0.940. The predicted octanol–water partition coefficient (Wildman–Crippen LogP) is 4.67. The number of benzene rings is 3. The molecule has 0 atom stereocenters. The van der Waals surface area contributed by atoms with E-state index in [9.17, 15) is 4.79 Å². The maximum Gasteiger partial charge on any atom is 0.253 e. The molecule has 0 aliphatic heterocycles. The van der Waals surface area contributed by atoms with Gasteiger partial charge in [0.05, 0.1) is 0 Å². The zero-order chi connectivity index (χ0) is 16.2. The lowest BCUT2D eigenvalue weighted by molar-refractivity contribution is 0.0785. The smallest absolute Gasteiger partial charge is 0.253 e. The Labute approximate surface area is 137 Å². The van der Waals surface area contributed by atoms with E-state index in [0.29, 0.717) is 6.54 Å². The first-order valence-corrected chi connectivity index (χ1v) is 7.99. The molecule has 0 spiro atoms. The van der Waals surface area contributed by atoms with Gasteiger partial charge >= 0.3 is 0 Å². The fourth-order valence-corrected chi connectivity index (χ4v) is 2.83. The topological polar surface area (TPSA) is 20.3 Å². The Morgan fingerprint density at radius 3 is 2.43 bits per heavy atom. The molecule has 0 aliphatic rings. The molecule has 3 aromatic rings. The summed E-state index contributed by atoms with van der Waals surface area (Å²) in [5.74, 6) is 0.0634. The third kappa shape index (κ3) is 3.42. The molecule has 0 N–H and O–H groups in total. The van der Waals surface area contributed by atoms with Crippen molar-refractivity contribution in [3.05, 3.63) is 83.4 Å². The van der Waals surface area contributed by atoms with E-state index in [4.69, 9.17) is 0 Å². The van der Waals surface area contributed by atoms with Crippen molar-refractivity contribution in [2.45, 2.75) is 19.9 Å². The van der Waals surface area contributed by atoms with Crippen LogP contribution >= 0.6 is 0 Å². The van der Waals surface area contributed by atoms with Crippen LogP contribution in [-0.2, 0) is 13.0 Å². The van der Waals surface area contributed by atoms with Gasteiger partial charge in [-0.25, -0.2) is 0 Å². The summed E-state index contributed by atoms with van der Waals surface area (Å²) in [6, 6.07) is 22.5. The molecule has 2 nitrogen and oxygen atoms in total. The van der Waals surface area contributed by atoms with Crippen LogP contribution in [0.15, 0.2) is 66.7 Å². The summed E-state index contributed by atoms with van der Waals surface area (Å²) >= 11 is 0. The molecule has 0 radical (unpaired) electrons. The van der Waals surface area contributed by atoms with Gasteiger partial charge in [-0.1, -0.05) is 55.5 Å². The molecule has 3 aromatic carbocycles. The minimum atomic E-state index is 0.0634. The highest BCUT2D eigenvalue weighted by Gasteiger charge is 2.12. The first kappa shape index (κ1) is 15.3. The second-order valence-electron chi connectivity index (χ2n) is 5.90. The number of rotatable bonds is 4. The highest BCUT2D eigenvalue weighted by molar-refractivity contribution is 5.94. The van der Waals surface area contributed by atoms with Gasteiger partial charge < -0.3 is 4.90 Å². The quantitative estimate of drug-likeness (QED) is 0.685. The largest absolute Gasteiger partial charge is 0.337 e. The molecule has 23 heavy (non-hydrogen) atoms. The van der Waals surface area contributed by atoms with Crippen molar-refractivity contribution in [2.24, 2.45) is 0 Å². The van der Waals surface area contributed by atoms with Crippen LogP contribution in [0.2, 0.25) is 0 Å². The maximum absolute atomic E-state index is 12.6. The monoisotopic (exact) mass is 303 g/mol. The average molecular weight is 303 g/mol. The second-order valence-corrected chi connectivity index (χ2v) is 5.90. The Morgan fingerprint density at radius 1 is 0.870 bits per heavy atom. The molecule has 0 aromatic heterocycles. The Hall–Kier alpha value is -2.61. The van der Waals surface area contributed by atoms with Crippen molar-refractivity contribution in [1.29, 1.82) is 0 Å². The van der Waals surface area contributed by atoms with E-state index in [0.717, 1.165) is 17.5 Å². The number of carbonyl (C=O) groups is 1. The SMILES string of the molecule is CCc1cccc(C(=O)N(C)Cc2ccc3ccccc3c2)c1. The fraction of sp³-hybridized carbons (Fsp3) is 0.190. The predicted molar refractivity (Wildman–Crippen MR) is 95.6 cm³/mol. The van der Waals surface area contributed by atoms with Crippen LogP contribution in [0.25, 0.3) is 10.8 Å². The maximum atomic E-state index is 12.6. The lowest BCUT2D eigenvalue weighted by atomic mass is 10.1. The average Bonchev–Trinajstić information content (AvgIpc) is 2.61. The molecular weight excluding hydrogens is 282 g/mol. The molecule has 0 saturated carbocycles. The number of nitrogens with zero attached hydrogens (tertiary/aromatic N) is 1. The standard InChI is InChI=1S/C21H21NO/c1-3-16-7-6-10-20(13-16)21(23)22(2)15-17-11-12-18-8-4-5-9-19(18)14-17/h4-14H,3,15H2,1-2H3. The van der Waals surface area contributed by atoms with E-state index in [2.05, 4.69) is 43.3 Å². The zero-order valence-electron chi connectivity index (χ0n) is 13.6. The molecule has 0 unspecified atom stereocenters. The first-order valence-electron chi connectivity index (χ1n) is 7.99. The number of fused-ring (bicyclic) bond motifs is 1. The van der Waals surface area contributed by atoms with Gasteiger partial charge in [-0.05, 0) is 46.5 Å². The van der Waals surface area contributed by atoms with Crippen molar-refractivity contribution in [2.75, 3.05) is 7.05 Å². The summed E-state index contributed by atoms with van der Waals surface area (Å²) in [7, 11) is 1.86. The normalized spacial score (nSPS) is 10.7. The minimum absolute atomic E-state index is 0.0634. The molecule has 0 aliphatic carbocycles. The van der Waals surface area contributed by atoms with Crippen LogP contribution < -0.4 is 0 Å². The van der Waals surface area contributed by atoms with E-state index >= 15 is 0 Å². The van der Waals surface area contributed by atoms with Crippen molar-refractivity contribution < 1.29 is 4.79 Å². The second kappa shape index (κ2) is 6.66. The molecule has 3 rings (SSSR count).